The smallest absolute Gasteiger partial charge is 0.325 e. The van der Waals surface area contributed by atoms with Crippen molar-refractivity contribution in [1.29, 1.82) is 0 Å². The number of carboxylic acid groups (broad SMARTS) is 1. The summed E-state index contributed by atoms with van der Waals surface area (Å²) in [6, 6.07) is 18.1. The minimum Gasteiger partial charge on any atom is -0.480 e. The summed E-state index contributed by atoms with van der Waals surface area (Å²) in [5, 5.41) is 22.0. The zero-order chi connectivity index (χ0) is 24.1. The van der Waals surface area contributed by atoms with Crippen LogP contribution in [0.2, 0.25) is 0 Å². The highest BCUT2D eigenvalue weighted by atomic mass is 127. The standard InChI is InChI=1S/C29H21IN2O3/c30-23-6-3-5-19-20-11-8-18-10-15-26(33)29(28(18)22(20)13-12-21(19)23)25-14-9-17-4-1-2-7-24(17)31-32(25)16-27(34)35/h1-12,14,29H,13,15-16H2,(H,34,35). The lowest BCUT2D eigenvalue weighted by molar-refractivity contribution is -0.138. The third-order valence-electron chi connectivity index (χ3n) is 6.86. The lowest BCUT2D eigenvalue weighted by atomic mass is 9.79. The number of allylic oxidation sites excluding steroid dienone is 2. The lowest BCUT2D eigenvalue weighted by Crippen LogP contribution is -2.37. The summed E-state index contributed by atoms with van der Waals surface area (Å²) >= 11 is 2.37. The Labute approximate surface area is 214 Å². The van der Waals surface area contributed by atoms with E-state index in [1.54, 1.807) is 0 Å². The molecular formula is C29H21IN2O3. The van der Waals surface area contributed by atoms with Crippen molar-refractivity contribution in [2.75, 3.05) is 6.54 Å². The molecule has 1 aliphatic heterocycles. The van der Waals surface area contributed by atoms with E-state index < -0.39 is 11.9 Å². The van der Waals surface area contributed by atoms with Gasteiger partial charge in [0.2, 0.25) is 0 Å². The van der Waals surface area contributed by atoms with Crippen molar-refractivity contribution in [3.05, 3.63) is 113 Å². The first-order chi connectivity index (χ1) is 17.0. The van der Waals surface area contributed by atoms with Crippen molar-refractivity contribution in [2.45, 2.75) is 18.8 Å². The predicted molar refractivity (Wildman–Crippen MR) is 142 cm³/mol. The summed E-state index contributed by atoms with van der Waals surface area (Å²) in [5.41, 5.74) is 2.70. The fraction of sp³-hybridized carbons (Fsp3) is 0.138. The molecule has 6 heteroatoms. The third kappa shape index (κ3) is 3.72. The summed E-state index contributed by atoms with van der Waals surface area (Å²) < 4.78 is 1.20. The topological polar surface area (TPSA) is 70.0 Å². The number of carbonyl (C=O) groups is 2. The minimum atomic E-state index is -0.999. The molecule has 3 aliphatic rings. The van der Waals surface area contributed by atoms with Crippen LogP contribution >= 0.6 is 22.6 Å². The molecule has 172 valence electrons. The Hall–Kier alpha value is -3.52. The van der Waals surface area contributed by atoms with Crippen LogP contribution in [0, 0.1) is 14.0 Å². The van der Waals surface area contributed by atoms with Gasteiger partial charge in [-0.15, -0.1) is 0 Å². The first kappa shape index (κ1) is 22.0. The molecule has 3 aromatic rings. The molecule has 0 amide bonds. The number of nitrogens with zero attached hydrogens (tertiary/aromatic N) is 2. The molecule has 5 nitrogen and oxygen atoms in total. The van der Waals surface area contributed by atoms with E-state index in [1.165, 1.54) is 19.0 Å². The number of rotatable bonds is 3. The Morgan fingerprint density at radius 3 is 2.69 bits per heavy atom. The van der Waals surface area contributed by atoms with E-state index in [2.05, 4.69) is 64.1 Å². The maximum atomic E-state index is 13.5. The van der Waals surface area contributed by atoms with Gasteiger partial charge in [-0.1, -0.05) is 60.7 Å². The van der Waals surface area contributed by atoms with Gasteiger partial charge in [-0.2, -0.15) is 5.10 Å². The molecule has 0 fully saturated rings. The minimum absolute atomic E-state index is 0.0514. The quantitative estimate of drug-likeness (QED) is 0.489. The highest BCUT2D eigenvalue weighted by Crippen LogP contribution is 2.34. The molecule has 0 spiro atoms. The molecule has 1 heterocycles. The van der Waals surface area contributed by atoms with Crippen molar-refractivity contribution in [1.82, 2.24) is 5.01 Å². The summed E-state index contributed by atoms with van der Waals surface area (Å²) in [5.74, 6) is -1.53. The first-order valence-electron chi connectivity index (χ1n) is 11.5. The van der Waals surface area contributed by atoms with E-state index >= 15 is 0 Å². The number of benzene rings is 3. The molecule has 0 saturated heterocycles. The maximum Gasteiger partial charge on any atom is 0.325 e. The van der Waals surface area contributed by atoms with Gasteiger partial charge in [0, 0.05) is 15.2 Å². The second-order valence-corrected chi connectivity index (χ2v) is 10.0. The van der Waals surface area contributed by atoms with E-state index in [0.29, 0.717) is 17.5 Å². The van der Waals surface area contributed by atoms with Crippen LogP contribution in [0.15, 0.2) is 71.5 Å². The van der Waals surface area contributed by atoms with Crippen LogP contribution in [-0.2, 0) is 16.0 Å². The van der Waals surface area contributed by atoms with Crippen LogP contribution in [0.1, 0.15) is 23.5 Å². The van der Waals surface area contributed by atoms with Crippen LogP contribution in [0.25, 0.3) is 18.2 Å². The zero-order valence-electron chi connectivity index (χ0n) is 18.7. The molecular weight excluding hydrogens is 551 g/mol. The summed E-state index contributed by atoms with van der Waals surface area (Å²) in [7, 11) is 0. The number of carboxylic acids is 1. The van der Waals surface area contributed by atoms with Gasteiger partial charge in [-0.3, -0.25) is 14.6 Å². The third-order valence-corrected chi connectivity index (χ3v) is 7.80. The SMILES string of the molecule is O=C(O)CN1N=c2ccccc2=CC=C1C1C(=O)CC=c2ccc3c(c21)CC=c1c(I)cccc1=3. The number of hydrogen-bond acceptors (Lipinski definition) is 4. The van der Waals surface area contributed by atoms with E-state index in [9.17, 15) is 14.7 Å². The largest absolute Gasteiger partial charge is 0.480 e. The molecule has 6 rings (SSSR count). The van der Waals surface area contributed by atoms with Gasteiger partial charge in [0.1, 0.15) is 12.3 Å². The van der Waals surface area contributed by atoms with Gasteiger partial charge in [0.05, 0.1) is 17.0 Å². The van der Waals surface area contributed by atoms with E-state index in [0.717, 1.165) is 33.2 Å². The molecule has 2 aliphatic carbocycles. The van der Waals surface area contributed by atoms with E-state index in [1.807, 2.05) is 42.5 Å². The van der Waals surface area contributed by atoms with Gasteiger partial charge in [0.15, 0.2) is 0 Å². The molecule has 3 aromatic carbocycles. The monoisotopic (exact) mass is 572 g/mol. The number of aliphatic carboxylic acids is 1. The molecule has 1 unspecified atom stereocenters. The van der Waals surface area contributed by atoms with Crippen LogP contribution in [0.5, 0.6) is 0 Å². The number of carbonyl (C=O) groups excluding carboxylic acids is 1. The molecule has 1 atom stereocenters. The normalized spacial score (nSPS) is 17.6. The maximum absolute atomic E-state index is 13.5. The van der Waals surface area contributed by atoms with Crippen molar-refractivity contribution in [3.63, 3.8) is 0 Å². The number of ketones is 1. The van der Waals surface area contributed by atoms with Gasteiger partial charge in [-0.25, -0.2) is 0 Å². The summed E-state index contributed by atoms with van der Waals surface area (Å²) in [4.78, 5) is 25.4. The number of fused-ring (bicyclic) bond motifs is 5. The van der Waals surface area contributed by atoms with Gasteiger partial charge in [-0.05, 0) is 79.2 Å². The lowest BCUT2D eigenvalue weighted by Gasteiger charge is -2.30. The number of halogens is 1. The highest BCUT2D eigenvalue weighted by molar-refractivity contribution is 14.1. The molecule has 0 bridgehead atoms. The average molecular weight is 572 g/mol. The van der Waals surface area contributed by atoms with Gasteiger partial charge >= 0.3 is 5.97 Å². The molecule has 0 radical (unpaired) electrons. The van der Waals surface area contributed by atoms with Crippen molar-refractivity contribution >= 4 is 52.6 Å². The Morgan fingerprint density at radius 2 is 1.83 bits per heavy atom. The Morgan fingerprint density at radius 1 is 0.971 bits per heavy atom. The Bertz CT molecular complexity index is 1810. The van der Waals surface area contributed by atoms with Crippen LogP contribution in [0.3, 0.4) is 0 Å². The van der Waals surface area contributed by atoms with Crippen molar-refractivity contribution in [3.8, 4) is 0 Å². The summed E-state index contributed by atoms with van der Waals surface area (Å²) in [6.45, 7) is -0.320. The number of hydrogen-bond donors (Lipinski definition) is 1. The van der Waals surface area contributed by atoms with Gasteiger partial charge < -0.3 is 5.11 Å². The van der Waals surface area contributed by atoms with Crippen LogP contribution in [0.4, 0.5) is 0 Å². The van der Waals surface area contributed by atoms with Crippen LogP contribution in [-0.4, -0.2) is 28.4 Å². The van der Waals surface area contributed by atoms with Crippen molar-refractivity contribution < 1.29 is 14.7 Å². The molecule has 0 saturated carbocycles. The van der Waals surface area contributed by atoms with Crippen molar-refractivity contribution in [2.24, 2.45) is 5.10 Å². The van der Waals surface area contributed by atoms with E-state index in [4.69, 9.17) is 0 Å². The van der Waals surface area contributed by atoms with Crippen LogP contribution < -0.4 is 21.0 Å². The summed E-state index contributed by atoms with van der Waals surface area (Å²) in [6.07, 6.45) is 9.06. The Kier molecular flexibility index (Phi) is 5.40. The first-order valence-corrected chi connectivity index (χ1v) is 12.6. The highest BCUT2D eigenvalue weighted by Gasteiger charge is 2.34. The second-order valence-electron chi connectivity index (χ2n) is 8.88. The average Bonchev–Trinajstić information content (AvgIpc) is 3.02. The predicted octanol–water partition coefficient (Wildman–Crippen LogP) is 2.05. The zero-order valence-corrected chi connectivity index (χ0v) is 20.9. The molecule has 35 heavy (non-hydrogen) atoms. The fourth-order valence-corrected chi connectivity index (χ4v) is 6.05. The van der Waals surface area contributed by atoms with E-state index in [-0.39, 0.29) is 12.3 Å². The molecule has 1 N–H and O–H groups in total. The molecule has 0 aromatic heterocycles. The second kappa shape index (κ2) is 8.61. The van der Waals surface area contributed by atoms with Gasteiger partial charge in [0.25, 0.3) is 0 Å². The fourth-order valence-electron chi connectivity index (χ4n) is 5.33. The Balaban J connectivity index is 1.64. The number of Topliss-reactive ketones (excluding diaryl/α,β-unsaturated/α-hetero) is 1.